The van der Waals surface area contributed by atoms with Gasteiger partial charge in [-0.15, -0.1) is 0 Å². The van der Waals surface area contributed by atoms with E-state index in [1.165, 1.54) is 0 Å². The fourth-order valence-electron chi connectivity index (χ4n) is 1.22. The van der Waals surface area contributed by atoms with Gasteiger partial charge in [0.1, 0.15) is 6.61 Å². The van der Waals surface area contributed by atoms with Crippen LogP contribution in [0.4, 0.5) is 9.18 Å². The lowest BCUT2D eigenvalue weighted by atomic mass is 10.2. The van der Waals surface area contributed by atoms with Crippen molar-refractivity contribution in [1.82, 2.24) is 4.90 Å². The molecule has 0 saturated carbocycles. The predicted molar refractivity (Wildman–Crippen MR) is 42.8 cm³/mol. The van der Waals surface area contributed by atoms with E-state index in [0.29, 0.717) is 6.42 Å². The number of hydrogen-bond donors (Lipinski definition) is 0. The summed E-state index contributed by atoms with van der Waals surface area (Å²) in [6, 6.07) is -0.307. The van der Waals surface area contributed by atoms with Crippen molar-refractivity contribution in [3.63, 3.8) is 0 Å². The summed E-state index contributed by atoms with van der Waals surface area (Å²) < 4.78 is 17.3. The molecule has 1 aliphatic heterocycles. The van der Waals surface area contributed by atoms with Crippen LogP contribution < -0.4 is 0 Å². The Kier molecular flexibility index (Phi) is 2.85. The zero-order valence-corrected chi connectivity index (χ0v) is 7.62. The number of carbonyl (C=O) groups excluding carboxylic acids is 2. The Balaban J connectivity index is 2.75. The largest absolute Gasteiger partial charge is 0.447 e. The molecule has 0 bridgehead atoms. The van der Waals surface area contributed by atoms with Gasteiger partial charge >= 0.3 is 6.09 Å². The number of hydrogen-bond acceptors (Lipinski definition) is 3. The van der Waals surface area contributed by atoms with E-state index >= 15 is 0 Å². The predicted octanol–water partition coefficient (Wildman–Crippen LogP) is 1.10. The van der Waals surface area contributed by atoms with Gasteiger partial charge in [0.25, 0.3) is 5.91 Å². The van der Waals surface area contributed by atoms with Crippen LogP contribution in [-0.2, 0) is 9.53 Å². The number of rotatable bonds is 2. The molecule has 2 atom stereocenters. The lowest BCUT2D eigenvalue weighted by molar-refractivity contribution is -0.133. The first kappa shape index (κ1) is 9.95. The van der Waals surface area contributed by atoms with Gasteiger partial charge in [0.2, 0.25) is 0 Å². The quantitative estimate of drug-likeness (QED) is 0.653. The number of alkyl halides is 1. The molecule has 0 aromatic rings. The molecule has 1 aliphatic rings. The first-order valence-electron chi connectivity index (χ1n) is 4.21. The molecule has 1 rings (SSSR count). The van der Waals surface area contributed by atoms with E-state index in [-0.39, 0.29) is 12.6 Å². The van der Waals surface area contributed by atoms with E-state index < -0.39 is 18.2 Å². The van der Waals surface area contributed by atoms with Gasteiger partial charge < -0.3 is 4.74 Å². The summed E-state index contributed by atoms with van der Waals surface area (Å²) in [5, 5.41) is 0. The first-order valence-corrected chi connectivity index (χ1v) is 4.21. The van der Waals surface area contributed by atoms with Crippen LogP contribution in [0.3, 0.4) is 0 Å². The number of nitrogens with zero attached hydrogens (tertiary/aromatic N) is 1. The Morgan fingerprint density at radius 2 is 2.46 bits per heavy atom. The maximum absolute atomic E-state index is 12.6. The van der Waals surface area contributed by atoms with Gasteiger partial charge in [-0.3, -0.25) is 4.79 Å². The van der Waals surface area contributed by atoms with Crippen molar-refractivity contribution in [3.8, 4) is 0 Å². The van der Waals surface area contributed by atoms with Gasteiger partial charge in [-0.25, -0.2) is 14.1 Å². The number of carbonyl (C=O) groups is 2. The highest BCUT2D eigenvalue weighted by Crippen LogP contribution is 2.16. The minimum atomic E-state index is -1.65. The summed E-state index contributed by atoms with van der Waals surface area (Å²) >= 11 is 0. The summed E-state index contributed by atoms with van der Waals surface area (Å²) in [5.74, 6) is -0.811. The van der Waals surface area contributed by atoms with E-state index in [1.54, 1.807) is 0 Å². The lowest BCUT2D eigenvalue weighted by Gasteiger charge is -2.18. The number of cyclic esters (lactones) is 1. The Bertz CT molecular complexity index is 229. The molecule has 74 valence electrons. The van der Waals surface area contributed by atoms with Gasteiger partial charge in [-0.05, 0) is 13.3 Å². The third-order valence-electron chi connectivity index (χ3n) is 2.01. The summed E-state index contributed by atoms with van der Waals surface area (Å²) in [7, 11) is 0. The average molecular weight is 189 g/mol. The molecule has 0 aliphatic carbocycles. The molecule has 0 radical (unpaired) electrons. The highest BCUT2D eigenvalue weighted by atomic mass is 19.1. The second-order valence-electron chi connectivity index (χ2n) is 2.96. The van der Waals surface area contributed by atoms with E-state index in [4.69, 9.17) is 0 Å². The molecule has 0 spiro atoms. The molecule has 0 aromatic carbocycles. The zero-order chi connectivity index (χ0) is 10.0. The van der Waals surface area contributed by atoms with Crippen LogP contribution in [0.2, 0.25) is 0 Å². The number of halogens is 1. The molecule has 1 saturated heterocycles. The van der Waals surface area contributed by atoms with Crippen molar-refractivity contribution in [2.45, 2.75) is 32.5 Å². The minimum Gasteiger partial charge on any atom is -0.447 e. The standard InChI is InChI=1S/C8H12FNO3/c1-3-6-4-13-8(12)10(6)7(11)5(2)9/h5-6H,3-4H2,1-2H3/t5?,6-/m0/s1. The number of amides is 2. The third-order valence-corrected chi connectivity index (χ3v) is 2.01. The van der Waals surface area contributed by atoms with E-state index in [1.807, 2.05) is 6.92 Å². The fourth-order valence-corrected chi connectivity index (χ4v) is 1.22. The summed E-state index contributed by atoms with van der Waals surface area (Å²) in [5.41, 5.74) is 0. The molecule has 13 heavy (non-hydrogen) atoms. The van der Waals surface area contributed by atoms with Crippen molar-refractivity contribution in [3.05, 3.63) is 0 Å². The molecule has 1 fully saturated rings. The van der Waals surface area contributed by atoms with Crippen LogP contribution >= 0.6 is 0 Å². The topological polar surface area (TPSA) is 46.6 Å². The Labute approximate surface area is 75.6 Å². The summed E-state index contributed by atoms with van der Waals surface area (Å²) in [6.45, 7) is 3.10. The van der Waals surface area contributed by atoms with Crippen LogP contribution in [0, 0.1) is 0 Å². The molecule has 1 unspecified atom stereocenters. The van der Waals surface area contributed by atoms with E-state index in [9.17, 15) is 14.0 Å². The Morgan fingerprint density at radius 1 is 1.85 bits per heavy atom. The fraction of sp³-hybridized carbons (Fsp3) is 0.750. The number of ether oxygens (including phenoxy) is 1. The molecule has 4 nitrogen and oxygen atoms in total. The van der Waals surface area contributed by atoms with Gasteiger partial charge in [-0.1, -0.05) is 6.92 Å². The smallest absolute Gasteiger partial charge is 0.417 e. The Hall–Kier alpha value is -1.13. The molecule has 1 heterocycles. The molecule has 5 heteroatoms. The van der Waals surface area contributed by atoms with Crippen molar-refractivity contribution < 1.29 is 18.7 Å². The van der Waals surface area contributed by atoms with Crippen molar-refractivity contribution >= 4 is 12.0 Å². The van der Waals surface area contributed by atoms with Crippen LogP contribution in [0.15, 0.2) is 0 Å². The Morgan fingerprint density at radius 3 is 2.92 bits per heavy atom. The van der Waals surface area contributed by atoms with E-state index in [2.05, 4.69) is 4.74 Å². The van der Waals surface area contributed by atoms with E-state index in [0.717, 1.165) is 11.8 Å². The van der Waals surface area contributed by atoms with Gasteiger partial charge in [0, 0.05) is 0 Å². The first-order chi connectivity index (χ1) is 6.07. The van der Waals surface area contributed by atoms with Crippen LogP contribution in [-0.4, -0.2) is 35.7 Å². The van der Waals surface area contributed by atoms with Gasteiger partial charge in [-0.2, -0.15) is 0 Å². The molecular formula is C8H12FNO3. The van der Waals surface area contributed by atoms with Gasteiger partial charge in [0.15, 0.2) is 6.17 Å². The molecule has 2 amide bonds. The minimum absolute atomic E-state index is 0.174. The molecule has 0 aromatic heterocycles. The average Bonchev–Trinajstić information content (AvgIpc) is 2.45. The summed E-state index contributed by atoms with van der Waals surface area (Å²) in [6.07, 6.45) is -1.80. The van der Waals surface area contributed by atoms with Gasteiger partial charge in [0.05, 0.1) is 6.04 Å². The van der Waals surface area contributed by atoms with Crippen molar-refractivity contribution in [2.24, 2.45) is 0 Å². The summed E-state index contributed by atoms with van der Waals surface area (Å²) in [4.78, 5) is 23.0. The van der Waals surface area contributed by atoms with Crippen LogP contribution in [0.1, 0.15) is 20.3 Å². The van der Waals surface area contributed by atoms with Crippen LogP contribution in [0.25, 0.3) is 0 Å². The zero-order valence-electron chi connectivity index (χ0n) is 7.62. The number of imide groups is 1. The van der Waals surface area contributed by atoms with Crippen molar-refractivity contribution in [1.29, 1.82) is 0 Å². The normalized spacial score (nSPS) is 24.4. The lowest BCUT2D eigenvalue weighted by Crippen LogP contribution is -2.42. The second kappa shape index (κ2) is 3.72. The monoisotopic (exact) mass is 189 g/mol. The maximum Gasteiger partial charge on any atom is 0.417 e. The third kappa shape index (κ3) is 1.79. The SMILES string of the molecule is CC[C@H]1COC(=O)N1C(=O)C(C)F. The van der Waals surface area contributed by atoms with Crippen molar-refractivity contribution in [2.75, 3.05) is 6.61 Å². The van der Waals surface area contributed by atoms with Crippen LogP contribution in [0.5, 0.6) is 0 Å². The maximum atomic E-state index is 12.6. The second-order valence-corrected chi connectivity index (χ2v) is 2.96. The molecular weight excluding hydrogens is 177 g/mol. The highest BCUT2D eigenvalue weighted by Gasteiger charge is 2.38. The highest BCUT2D eigenvalue weighted by molar-refractivity contribution is 5.95. The molecule has 0 N–H and O–H groups in total.